The van der Waals surface area contributed by atoms with Gasteiger partial charge in [-0.05, 0) is 111 Å². The highest BCUT2D eigenvalue weighted by atomic mass is 16.5. The van der Waals surface area contributed by atoms with E-state index in [0.717, 1.165) is 96.0 Å². The number of benzene rings is 3. The van der Waals surface area contributed by atoms with Gasteiger partial charge < -0.3 is 30.4 Å². The Bertz CT molecular complexity index is 2590. The van der Waals surface area contributed by atoms with Crippen LogP contribution in [-0.2, 0) is 10.2 Å². The van der Waals surface area contributed by atoms with E-state index in [9.17, 15) is 14.4 Å². The van der Waals surface area contributed by atoms with Crippen molar-refractivity contribution in [1.82, 2.24) is 46.0 Å². The van der Waals surface area contributed by atoms with Gasteiger partial charge in [0, 0.05) is 72.7 Å². The number of nitrogens with zero attached hydrogens (tertiary/aromatic N) is 7. The molecule has 0 bridgehead atoms. The molecule has 2 fully saturated rings. The van der Waals surface area contributed by atoms with Crippen molar-refractivity contribution in [1.29, 1.82) is 0 Å². The van der Waals surface area contributed by atoms with E-state index in [4.69, 9.17) is 9.51 Å². The number of aromatic nitrogens is 6. The number of hydrogen-bond acceptors (Lipinski definition) is 12. The smallest absolute Gasteiger partial charge is 0.328 e. The number of hydrogen-bond donors (Lipinski definition) is 5. The second-order valence-electron chi connectivity index (χ2n) is 17.3. The summed E-state index contributed by atoms with van der Waals surface area (Å²) in [5, 5.41) is 16.5. The van der Waals surface area contributed by atoms with Crippen LogP contribution in [0.3, 0.4) is 0 Å². The fraction of sp³-hybridized carbons (Fsp3) is 0.391. The second-order valence-corrected chi connectivity index (χ2v) is 17.3. The van der Waals surface area contributed by atoms with Gasteiger partial charge in [0.1, 0.15) is 17.7 Å². The zero-order valence-electron chi connectivity index (χ0n) is 36.1. The molecule has 2 saturated heterocycles. The molecule has 3 aromatic carbocycles. The Labute approximate surface area is 360 Å². The SMILES string of the molecule is Cc1cc(-c2ncnc3nc(-c4ccc(NCCNCC5CCN(c6ccc(N7CCC(=O)NC7=O)c(C)c6)CC5)cc4)[nH]c23)ccc1[C@@H](C)NC(=O)c1nc(C(C)(C)C)no1. The first-order chi connectivity index (χ1) is 29.8. The molecule has 2 aliphatic heterocycles. The van der Waals surface area contributed by atoms with Gasteiger partial charge in [-0.25, -0.2) is 19.7 Å². The van der Waals surface area contributed by atoms with Crippen molar-refractivity contribution in [3.8, 4) is 22.6 Å². The quantitative estimate of drug-likeness (QED) is 0.0761. The summed E-state index contributed by atoms with van der Waals surface area (Å²) >= 11 is 0. The predicted molar refractivity (Wildman–Crippen MR) is 239 cm³/mol. The molecule has 5 N–H and O–H groups in total. The number of fused-ring (bicyclic) bond motifs is 1. The molecule has 16 heteroatoms. The average Bonchev–Trinajstić information content (AvgIpc) is 3.94. The zero-order valence-corrected chi connectivity index (χ0v) is 36.1. The minimum absolute atomic E-state index is 0.0570. The molecule has 62 heavy (non-hydrogen) atoms. The van der Waals surface area contributed by atoms with Crippen molar-refractivity contribution >= 4 is 46.1 Å². The van der Waals surface area contributed by atoms with Gasteiger partial charge in [0.05, 0.1) is 11.7 Å². The normalized spacial score (nSPS) is 15.5. The summed E-state index contributed by atoms with van der Waals surface area (Å²) < 4.78 is 5.23. The van der Waals surface area contributed by atoms with E-state index < -0.39 is 5.91 Å². The van der Waals surface area contributed by atoms with E-state index >= 15 is 0 Å². The number of carbonyl (C=O) groups is 3. The van der Waals surface area contributed by atoms with Crippen LogP contribution in [0.15, 0.2) is 71.5 Å². The second kappa shape index (κ2) is 17.7. The van der Waals surface area contributed by atoms with Gasteiger partial charge in [0.2, 0.25) is 5.91 Å². The van der Waals surface area contributed by atoms with E-state index in [1.54, 1.807) is 4.90 Å². The van der Waals surface area contributed by atoms with Crippen LogP contribution in [0.1, 0.15) is 86.2 Å². The number of amides is 4. The van der Waals surface area contributed by atoms with E-state index in [1.165, 1.54) is 12.0 Å². The molecule has 322 valence electrons. The number of H-pyrrole nitrogens is 1. The van der Waals surface area contributed by atoms with Crippen LogP contribution >= 0.6 is 0 Å². The zero-order chi connectivity index (χ0) is 43.5. The number of piperidine rings is 1. The number of urea groups is 1. The standard InChI is InChI=1S/C46H54N12O4/c1-27-23-32(9-13-35(27)29(3)51-42(60)43-55-44(56-62-43)46(4,5)6)38-39-41(50-26-49-38)54-40(53-39)31-7-10-33(11-8-31)48-19-18-47-25-30-15-20-57(21-16-30)34-12-14-36(28(2)24-34)58-22-17-37(59)52-45(58)61/h7-14,23-24,26,29-30,47-48H,15-22,25H2,1-6H3,(H,51,60)(H,52,59,61)(H,49,50,53,54)/t29-/m1/s1. The van der Waals surface area contributed by atoms with E-state index in [0.29, 0.717) is 36.2 Å². The van der Waals surface area contributed by atoms with Crippen LogP contribution in [0.5, 0.6) is 0 Å². The van der Waals surface area contributed by atoms with Crippen LogP contribution in [-0.4, -0.2) is 87.2 Å². The first kappa shape index (κ1) is 42.0. The van der Waals surface area contributed by atoms with Crippen molar-refractivity contribution in [3.63, 3.8) is 0 Å². The molecular weight excluding hydrogens is 785 g/mol. The van der Waals surface area contributed by atoms with Crippen molar-refractivity contribution in [3.05, 3.63) is 95.4 Å². The number of imide groups is 1. The Balaban J connectivity index is 0.799. The Morgan fingerprint density at radius 1 is 0.919 bits per heavy atom. The van der Waals surface area contributed by atoms with Crippen LogP contribution in [0.4, 0.5) is 21.9 Å². The summed E-state index contributed by atoms with van der Waals surface area (Å²) in [6, 6.07) is 19.8. The third kappa shape index (κ3) is 9.29. The van der Waals surface area contributed by atoms with Gasteiger partial charge in [0.15, 0.2) is 11.5 Å². The summed E-state index contributed by atoms with van der Waals surface area (Å²) in [6.45, 7) is 16.9. The van der Waals surface area contributed by atoms with Crippen molar-refractivity contribution in [2.75, 3.05) is 54.4 Å². The monoisotopic (exact) mass is 838 g/mol. The molecule has 4 amide bonds. The fourth-order valence-electron chi connectivity index (χ4n) is 8.13. The van der Waals surface area contributed by atoms with Crippen molar-refractivity contribution in [2.45, 2.75) is 72.3 Å². The molecule has 16 nitrogen and oxygen atoms in total. The number of imidazole rings is 1. The van der Waals surface area contributed by atoms with Gasteiger partial charge in [0.25, 0.3) is 0 Å². The van der Waals surface area contributed by atoms with Gasteiger partial charge in [-0.15, -0.1) is 0 Å². The molecule has 5 heterocycles. The Hall–Kier alpha value is -6.68. The highest BCUT2D eigenvalue weighted by molar-refractivity contribution is 6.06. The van der Waals surface area contributed by atoms with Crippen molar-refractivity contribution < 1.29 is 18.9 Å². The maximum atomic E-state index is 12.9. The highest BCUT2D eigenvalue weighted by Crippen LogP contribution is 2.32. The lowest BCUT2D eigenvalue weighted by Gasteiger charge is -2.34. The summed E-state index contributed by atoms with van der Waals surface area (Å²) in [5.41, 5.74) is 9.61. The van der Waals surface area contributed by atoms with Crippen LogP contribution in [0.25, 0.3) is 33.8 Å². The van der Waals surface area contributed by atoms with E-state index in [1.807, 2.05) is 71.9 Å². The average molecular weight is 839 g/mol. The summed E-state index contributed by atoms with van der Waals surface area (Å²) in [7, 11) is 0. The number of aromatic amines is 1. The molecule has 2 aliphatic rings. The fourth-order valence-corrected chi connectivity index (χ4v) is 8.13. The minimum atomic E-state index is -0.419. The topological polar surface area (TPSA) is 199 Å². The largest absolute Gasteiger partial charge is 0.384 e. The molecule has 0 saturated carbocycles. The molecule has 0 radical (unpaired) electrons. The number of rotatable bonds is 13. The molecule has 6 aromatic rings. The highest BCUT2D eigenvalue weighted by Gasteiger charge is 2.27. The summed E-state index contributed by atoms with van der Waals surface area (Å²) in [5.74, 6) is 1.11. The Kier molecular flexibility index (Phi) is 12.0. The number of nitrogens with one attached hydrogen (secondary N) is 5. The summed E-state index contributed by atoms with van der Waals surface area (Å²) in [4.78, 5) is 62.5. The number of carbonyl (C=O) groups excluding carboxylic acids is 3. The van der Waals surface area contributed by atoms with Gasteiger partial charge in [-0.1, -0.05) is 38.1 Å². The van der Waals surface area contributed by atoms with Crippen LogP contribution in [0, 0.1) is 19.8 Å². The number of aryl methyl sites for hydroxylation is 2. The van der Waals surface area contributed by atoms with Crippen molar-refractivity contribution in [2.24, 2.45) is 5.92 Å². The molecular formula is C46H54N12O4. The lowest BCUT2D eigenvalue weighted by molar-refractivity contribution is -0.120. The van der Waals surface area contributed by atoms with E-state index in [2.05, 4.69) is 81.6 Å². The number of anilines is 3. The van der Waals surface area contributed by atoms with Crippen LogP contribution in [0.2, 0.25) is 0 Å². The predicted octanol–water partition coefficient (Wildman–Crippen LogP) is 6.84. The maximum absolute atomic E-state index is 12.9. The lowest BCUT2D eigenvalue weighted by atomic mass is 9.96. The first-order valence-electron chi connectivity index (χ1n) is 21.3. The third-order valence-corrected chi connectivity index (χ3v) is 11.7. The van der Waals surface area contributed by atoms with Gasteiger partial charge >= 0.3 is 17.8 Å². The summed E-state index contributed by atoms with van der Waals surface area (Å²) in [6.07, 6.45) is 4.07. The molecule has 0 unspecified atom stereocenters. The molecule has 8 rings (SSSR count). The molecule has 1 atom stereocenters. The molecule has 0 aliphatic carbocycles. The Morgan fingerprint density at radius 3 is 2.40 bits per heavy atom. The van der Waals surface area contributed by atoms with E-state index in [-0.39, 0.29) is 29.3 Å². The molecule has 0 spiro atoms. The minimum Gasteiger partial charge on any atom is -0.384 e. The van der Waals surface area contributed by atoms with Gasteiger partial charge in [-0.3, -0.25) is 19.8 Å². The third-order valence-electron chi connectivity index (χ3n) is 11.7. The maximum Gasteiger partial charge on any atom is 0.328 e. The lowest BCUT2D eigenvalue weighted by Crippen LogP contribution is -2.49. The first-order valence-corrected chi connectivity index (χ1v) is 21.3. The molecule has 3 aromatic heterocycles. The van der Waals surface area contributed by atoms with Crippen LogP contribution < -0.4 is 31.1 Å². The Morgan fingerprint density at radius 2 is 1.69 bits per heavy atom. The van der Waals surface area contributed by atoms with Gasteiger partial charge in [-0.2, -0.15) is 4.98 Å².